The molecule has 0 aliphatic rings. The third-order valence-electron chi connectivity index (χ3n) is 4.96. The van der Waals surface area contributed by atoms with Gasteiger partial charge in [0.2, 0.25) is 21.7 Å². The number of nitrogens with zero attached hydrogens (tertiary/aromatic N) is 4. The van der Waals surface area contributed by atoms with E-state index in [1.807, 2.05) is 15.8 Å². The third kappa shape index (κ3) is 4.22. The summed E-state index contributed by atoms with van der Waals surface area (Å²) >= 11 is 1.36. The number of fused-ring (bicyclic) bond motifs is 3. The van der Waals surface area contributed by atoms with Gasteiger partial charge in [0.1, 0.15) is 10.5 Å². The number of nitrogens with one attached hydrogen (secondary N) is 1. The SMILES string of the molecule is Cn1c(=O)c2sccc2n2c(CCC(=O)NCCc3ccc(S(N)(=O)=O)cc3)nnc12. The fourth-order valence-corrected chi connectivity index (χ4v) is 4.69. The Morgan fingerprint density at radius 2 is 1.90 bits per heavy atom. The summed E-state index contributed by atoms with van der Waals surface area (Å²) in [5.74, 6) is 0.918. The number of sulfonamides is 1. The second-order valence-corrected chi connectivity index (χ2v) is 9.52. The minimum absolute atomic E-state index is 0.0537. The molecule has 0 aliphatic heterocycles. The summed E-state index contributed by atoms with van der Waals surface area (Å²) in [4.78, 5) is 24.7. The van der Waals surface area contributed by atoms with Crippen molar-refractivity contribution in [1.29, 1.82) is 0 Å². The summed E-state index contributed by atoms with van der Waals surface area (Å²) in [6.07, 6.45) is 1.15. The summed E-state index contributed by atoms with van der Waals surface area (Å²) in [6.45, 7) is 0.414. The van der Waals surface area contributed by atoms with Crippen LogP contribution in [0.3, 0.4) is 0 Å². The molecule has 0 bridgehead atoms. The summed E-state index contributed by atoms with van der Waals surface area (Å²) in [5.41, 5.74) is 1.51. The fourth-order valence-electron chi connectivity index (χ4n) is 3.32. The van der Waals surface area contributed by atoms with Gasteiger partial charge in [-0.1, -0.05) is 12.1 Å². The molecule has 3 heterocycles. The van der Waals surface area contributed by atoms with Gasteiger partial charge in [-0.15, -0.1) is 21.5 Å². The molecule has 4 aromatic rings. The van der Waals surface area contributed by atoms with Crippen LogP contribution < -0.4 is 16.0 Å². The molecule has 0 spiro atoms. The lowest BCUT2D eigenvalue weighted by Gasteiger charge is -2.07. The van der Waals surface area contributed by atoms with Crippen LogP contribution in [0.4, 0.5) is 0 Å². The Kier molecular flexibility index (Phi) is 5.60. The van der Waals surface area contributed by atoms with Crippen molar-refractivity contribution in [2.75, 3.05) is 6.54 Å². The van der Waals surface area contributed by atoms with Gasteiger partial charge < -0.3 is 5.32 Å². The first-order chi connectivity index (χ1) is 14.8. The molecule has 1 aromatic carbocycles. The smallest absolute Gasteiger partial charge is 0.272 e. The van der Waals surface area contributed by atoms with E-state index in [1.54, 1.807) is 19.2 Å². The zero-order valence-electron chi connectivity index (χ0n) is 16.6. The number of aryl methyl sites for hydroxylation is 2. The highest BCUT2D eigenvalue weighted by atomic mass is 32.2. The van der Waals surface area contributed by atoms with Crippen molar-refractivity contribution in [2.45, 2.75) is 24.2 Å². The average Bonchev–Trinajstić information content (AvgIpc) is 3.37. The minimum Gasteiger partial charge on any atom is -0.356 e. The average molecular weight is 461 g/mol. The van der Waals surface area contributed by atoms with E-state index in [0.717, 1.165) is 11.1 Å². The van der Waals surface area contributed by atoms with Gasteiger partial charge in [0, 0.05) is 26.4 Å². The van der Waals surface area contributed by atoms with Crippen LogP contribution in [0.25, 0.3) is 16.0 Å². The molecule has 0 atom stereocenters. The van der Waals surface area contributed by atoms with E-state index in [2.05, 4.69) is 15.5 Å². The summed E-state index contributed by atoms with van der Waals surface area (Å²) in [7, 11) is -2.06. The van der Waals surface area contributed by atoms with Gasteiger partial charge in [-0.3, -0.25) is 18.6 Å². The lowest BCUT2D eigenvalue weighted by Crippen LogP contribution is -2.26. The molecule has 0 unspecified atom stereocenters. The van der Waals surface area contributed by atoms with Crippen LogP contribution in [-0.2, 0) is 34.7 Å². The molecule has 3 N–H and O–H groups in total. The van der Waals surface area contributed by atoms with Gasteiger partial charge in [-0.05, 0) is 35.6 Å². The molecular formula is C19H20N6O4S2. The Morgan fingerprint density at radius 3 is 2.61 bits per heavy atom. The van der Waals surface area contributed by atoms with E-state index in [0.29, 0.717) is 35.7 Å². The Bertz CT molecular complexity index is 1430. The number of aromatic nitrogens is 4. The molecule has 12 heteroatoms. The van der Waals surface area contributed by atoms with Crippen molar-refractivity contribution < 1.29 is 13.2 Å². The van der Waals surface area contributed by atoms with Crippen molar-refractivity contribution in [3.63, 3.8) is 0 Å². The maximum atomic E-state index is 12.4. The summed E-state index contributed by atoms with van der Waals surface area (Å²) < 4.78 is 26.5. The van der Waals surface area contributed by atoms with Crippen LogP contribution in [0, 0.1) is 0 Å². The maximum Gasteiger partial charge on any atom is 0.272 e. The predicted octanol–water partition coefficient (Wildman–Crippen LogP) is 0.582. The van der Waals surface area contributed by atoms with Crippen molar-refractivity contribution in [3.05, 3.63) is 57.5 Å². The molecule has 0 fully saturated rings. The van der Waals surface area contributed by atoms with Gasteiger partial charge >= 0.3 is 0 Å². The summed E-state index contributed by atoms with van der Waals surface area (Å²) in [6, 6.07) is 8.08. The van der Waals surface area contributed by atoms with Crippen LogP contribution in [0.1, 0.15) is 17.8 Å². The molecule has 0 radical (unpaired) electrons. The number of benzene rings is 1. The zero-order chi connectivity index (χ0) is 22.2. The molecule has 0 saturated carbocycles. The molecule has 3 aromatic heterocycles. The predicted molar refractivity (Wildman–Crippen MR) is 116 cm³/mol. The van der Waals surface area contributed by atoms with Gasteiger partial charge in [-0.2, -0.15) is 0 Å². The van der Waals surface area contributed by atoms with Gasteiger partial charge in [-0.25, -0.2) is 13.6 Å². The highest BCUT2D eigenvalue weighted by Gasteiger charge is 2.16. The zero-order valence-corrected chi connectivity index (χ0v) is 18.2. The van der Waals surface area contributed by atoms with Gasteiger partial charge in [0.15, 0.2) is 0 Å². The normalized spacial score (nSPS) is 11.9. The first-order valence-electron chi connectivity index (χ1n) is 9.44. The monoisotopic (exact) mass is 460 g/mol. The third-order valence-corrected chi connectivity index (χ3v) is 6.78. The van der Waals surface area contributed by atoms with Crippen molar-refractivity contribution in [1.82, 2.24) is 24.5 Å². The number of carbonyl (C=O) groups excluding carboxylic acids is 1. The van der Waals surface area contributed by atoms with Crippen molar-refractivity contribution >= 4 is 43.3 Å². The molecule has 162 valence electrons. The Hall–Kier alpha value is -3.09. The van der Waals surface area contributed by atoms with Crippen molar-refractivity contribution in [2.24, 2.45) is 12.2 Å². The highest BCUT2D eigenvalue weighted by molar-refractivity contribution is 7.89. The number of carbonyl (C=O) groups is 1. The van der Waals surface area contributed by atoms with Crippen LogP contribution in [0.2, 0.25) is 0 Å². The number of thiophene rings is 1. The van der Waals surface area contributed by atoms with E-state index in [1.165, 1.54) is 28.0 Å². The second kappa shape index (κ2) is 8.21. The molecule has 1 amide bonds. The topological polar surface area (TPSA) is 141 Å². The fraction of sp³-hybridized carbons (Fsp3) is 0.263. The Balaban J connectivity index is 1.37. The van der Waals surface area contributed by atoms with E-state index < -0.39 is 10.0 Å². The van der Waals surface area contributed by atoms with E-state index in [4.69, 9.17) is 5.14 Å². The van der Waals surface area contributed by atoms with Gasteiger partial charge in [0.05, 0.1) is 10.4 Å². The maximum absolute atomic E-state index is 12.4. The largest absolute Gasteiger partial charge is 0.356 e. The number of hydrogen-bond acceptors (Lipinski definition) is 7. The highest BCUT2D eigenvalue weighted by Crippen LogP contribution is 2.19. The van der Waals surface area contributed by atoms with Crippen LogP contribution in [0.5, 0.6) is 0 Å². The molecule has 0 saturated heterocycles. The van der Waals surface area contributed by atoms with Gasteiger partial charge in [0.25, 0.3) is 5.56 Å². The number of nitrogens with two attached hydrogens (primary N) is 1. The standard InChI is InChI=1S/C19H20N6O4S2/c1-24-18(27)17-14(9-11-30-17)25-15(22-23-19(24)25)6-7-16(26)21-10-8-12-2-4-13(5-3-12)31(20,28)29/h2-5,9,11H,6-8,10H2,1H3,(H,21,26)(H2,20,28,29). The molecule has 31 heavy (non-hydrogen) atoms. The molecule has 4 rings (SSSR count). The first kappa shape index (κ1) is 21.2. The lowest BCUT2D eigenvalue weighted by molar-refractivity contribution is -0.121. The quantitative estimate of drug-likeness (QED) is 0.413. The summed E-state index contributed by atoms with van der Waals surface area (Å²) in [5, 5.41) is 18.1. The minimum atomic E-state index is -3.71. The van der Waals surface area contributed by atoms with Crippen LogP contribution in [-0.4, -0.2) is 40.0 Å². The molecule has 0 aliphatic carbocycles. The first-order valence-corrected chi connectivity index (χ1v) is 11.9. The van der Waals surface area contributed by atoms with Crippen LogP contribution >= 0.6 is 11.3 Å². The van der Waals surface area contributed by atoms with Crippen LogP contribution in [0.15, 0.2) is 45.4 Å². The lowest BCUT2D eigenvalue weighted by atomic mass is 10.1. The van der Waals surface area contributed by atoms with E-state index in [9.17, 15) is 18.0 Å². The number of hydrogen-bond donors (Lipinski definition) is 2. The Labute approximate surface area is 181 Å². The number of rotatable bonds is 7. The second-order valence-electron chi connectivity index (χ2n) is 7.04. The number of primary sulfonamides is 1. The number of amides is 1. The molecule has 10 nitrogen and oxygen atoms in total. The molecular weight excluding hydrogens is 440 g/mol. The Morgan fingerprint density at radius 1 is 1.16 bits per heavy atom. The van der Waals surface area contributed by atoms with Crippen molar-refractivity contribution in [3.8, 4) is 0 Å². The van der Waals surface area contributed by atoms with E-state index in [-0.39, 0.29) is 22.8 Å². The van der Waals surface area contributed by atoms with E-state index >= 15 is 0 Å².